The molecule has 0 aliphatic carbocycles. The molecule has 0 saturated carbocycles. The second-order valence-electron chi connectivity index (χ2n) is 7.12. The van der Waals surface area contributed by atoms with Gasteiger partial charge in [-0.1, -0.05) is 12.1 Å². The molecule has 2 aromatic carbocycles. The second-order valence-corrected chi connectivity index (χ2v) is 8.15. The zero-order chi connectivity index (χ0) is 18.8. The normalized spacial score (nSPS) is 20.7. The van der Waals surface area contributed by atoms with Crippen LogP contribution in [0.4, 0.5) is 4.39 Å². The molecule has 0 amide bonds. The summed E-state index contributed by atoms with van der Waals surface area (Å²) >= 11 is 1.37. The van der Waals surface area contributed by atoms with Gasteiger partial charge in [-0.25, -0.2) is 4.39 Å². The Bertz CT molecular complexity index is 793. The largest absolute Gasteiger partial charge is 0.505 e. The lowest BCUT2D eigenvalue weighted by Gasteiger charge is -2.26. The summed E-state index contributed by atoms with van der Waals surface area (Å²) in [7, 11) is 0. The number of ether oxygens (including phenoxy) is 2. The summed E-state index contributed by atoms with van der Waals surface area (Å²) in [6, 6.07) is 11.3. The van der Waals surface area contributed by atoms with Crippen LogP contribution in [0, 0.1) is 5.82 Å². The molecule has 0 aromatic heterocycles. The summed E-state index contributed by atoms with van der Waals surface area (Å²) in [6.45, 7) is 5.23. The van der Waals surface area contributed by atoms with Crippen molar-refractivity contribution in [2.45, 2.75) is 36.8 Å². The van der Waals surface area contributed by atoms with E-state index in [9.17, 15) is 9.50 Å². The van der Waals surface area contributed by atoms with Gasteiger partial charge in [0.05, 0.1) is 4.90 Å². The molecule has 2 aliphatic rings. The Balaban J connectivity index is 1.37. The number of aromatic hydroxyl groups is 1. The zero-order valence-corrected chi connectivity index (χ0v) is 16.2. The van der Waals surface area contributed by atoms with E-state index in [0.29, 0.717) is 29.0 Å². The van der Waals surface area contributed by atoms with Crippen LogP contribution in [-0.2, 0) is 0 Å². The van der Waals surface area contributed by atoms with Crippen molar-refractivity contribution in [2.75, 3.05) is 25.4 Å². The molecule has 2 aromatic rings. The molecular formula is C21H24FNO3S. The molecule has 1 N–H and O–H groups in total. The van der Waals surface area contributed by atoms with Crippen molar-refractivity contribution < 1.29 is 19.0 Å². The van der Waals surface area contributed by atoms with E-state index < -0.39 is 5.82 Å². The average molecular weight is 389 g/mol. The molecule has 0 unspecified atom stereocenters. The minimum absolute atomic E-state index is 0.149. The summed E-state index contributed by atoms with van der Waals surface area (Å²) in [6.07, 6.45) is 2.42. The number of rotatable bonds is 5. The van der Waals surface area contributed by atoms with Gasteiger partial charge < -0.3 is 14.6 Å². The van der Waals surface area contributed by atoms with E-state index in [-0.39, 0.29) is 11.9 Å². The molecular weight excluding hydrogens is 365 g/mol. The van der Waals surface area contributed by atoms with Crippen LogP contribution in [-0.4, -0.2) is 41.5 Å². The van der Waals surface area contributed by atoms with Gasteiger partial charge in [0, 0.05) is 11.8 Å². The van der Waals surface area contributed by atoms with E-state index in [0.717, 1.165) is 11.3 Å². The topological polar surface area (TPSA) is 41.9 Å². The van der Waals surface area contributed by atoms with Crippen LogP contribution < -0.4 is 9.47 Å². The maximum atomic E-state index is 14.0. The Labute approximate surface area is 163 Å². The van der Waals surface area contributed by atoms with Crippen molar-refractivity contribution in [2.24, 2.45) is 0 Å². The number of halogens is 1. The maximum Gasteiger partial charge on any atom is 0.182 e. The van der Waals surface area contributed by atoms with Crippen molar-refractivity contribution in [3.05, 3.63) is 47.8 Å². The Hall–Kier alpha value is -1.92. The Morgan fingerprint density at radius 1 is 1.22 bits per heavy atom. The number of benzene rings is 2. The van der Waals surface area contributed by atoms with E-state index >= 15 is 0 Å². The molecule has 27 heavy (non-hydrogen) atoms. The third kappa shape index (κ3) is 4.01. The predicted molar refractivity (Wildman–Crippen MR) is 104 cm³/mol. The lowest BCUT2D eigenvalue weighted by Crippen LogP contribution is -2.34. The van der Waals surface area contributed by atoms with Gasteiger partial charge in [0.2, 0.25) is 0 Å². The highest BCUT2D eigenvalue weighted by molar-refractivity contribution is 7.99. The van der Waals surface area contributed by atoms with Crippen LogP contribution in [0.1, 0.15) is 31.4 Å². The standard InChI is InChI=1S/C21H24FNO3S/c1-14(23-10-2-3-11-23)12-25-16-6-4-15(5-7-16)19-13-27-21-18(26-19)9-8-17(24)20(21)22/h4-9,14,19,24H,2-3,10-13H2,1H3/t14-,19+/m0/s1. The molecule has 0 bridgehead atoms. The fourth-order valence-electron chi connectivity index (χ4n) is 3.55. The van der Waals surface area contributed by atoms with Crippen LogP contribution in [0.3, 0.4) is 0 Å². The second kappa shape index (κ2) is 7.98. The third-order valence-electron chi connectivity index (χ3n) is 5.20. The van der Waals surface area contributed by atoms with E-state index in [1.165, 1.54) is 43.8 Å². The first-order valence-electron chi connectivity index (χ1n) is 9.39. The van der Waals surface area contributed by atoms with Gasteiger partial charge >= 0.3 is 0 Å². The molecule has 144 valence electrons. The monoisotopic (exact) mass is 389 g/mol. The highest BCUT2D eigenvalue weighted by Gasteiger charge is 2.26. The van der Waals surface area contributed by atoms with Gasteiger partial charge in [-0.15, -0.1) is 11.8 Å². The number of hydrogen-bond donors (Lipinski definition) is 1. The minimum Gasteiger partial charge on any atom is -0.505 e. The molecule has 4 nitrogen and oxygen atoms in total. The molecule has 4 rings (SSSR count). The summed E-state index contributed by atoms with van der Waals surface area (Å²) in [5, 5.41) is 9.49. The van der Waals surface area contributed by atoms with Gasteiger partial charge in [-0.05, 0) is 62.7 Å². The molecule has 2 atom stereocenters. The van der Waals surface area contributed by atoms with Crippen molar-refractivity contribution in [1.29, 1.82) is 0 Å². The quantitative estimate of drug-likeness (QED) is 0.808. The number of phenolic OH excluding ortho intramolecular Hbond substituents is 1. The van der Waals surface area contributed by atoms with Gasteiger partial charge in [0.1, 0.15) is 24.2 Å². The number of fused-ring (bicyclic) bond motifs is 1. The first-order chi connectivity index (χ1) is 13.1. The zero-order valence-electron chi connectivity index (χ0n) is 15.4. The highest BCUT2D eigenvalue weighted by Crippen LogP contribution is 2.44. The summed E-state index contributed by atoms with van der Waals surface area (Å²) in [5.74, 6) is 0.982. The van der Waals surface area contributed by atoms with Crippen molar-refractivity contribution in [3.8, 4) is 17.2 Å². The van der Waals surface area contributed by atoms with Gasteiger partial charge in [0.25, 0.3) is 0 Å². The summed E-state index contributed by atoms with van der Waals surface area (Å²) < 4.78 is 25.8. The van der Waals surface area contributed by atoms with E-state index in [4.69, 9.17) is 9.47 Å². The van der Waals surface area contributed by atoms with Crippen LogP contribution >= 0.6 is 11.8 Å². The van der Waals surface area contributed by atoms with Gasteiger partial charge in [-0.3, -0.25) is 4.90 Å². The number of likely N-dealkylation sites (tertiary alicyclic amines) is 1. The molecule has 0 spiro atoms. The Morgan fingerprint density at radius 2 is 1.96 bits per heavy atom. The fraction of sp³-hybridized carbons (Fsp3) is 0.429. The van der Waals surface area contributed by atoms with Crippen LogP contribution in [0.2, 0.25) is 0 Å². The lowest BCUT2D eigenvalue weighted by molar-refractivity contribution is 0.172. The predicted octanol–water partition coefficient (Wildman–Crippen LogP) is 4.62. The maximum absolute atomic E-state index is 14.0. The summed E-state index contributed by atoms with van der Waals surface area (Å²) in [5.41, 5.74) is 1.03. The molecule has 6 heteroatoms. The minimum atomic E-state index is -0.605. The van der Waals surface area contributed by atoms with E-state index in [2.05, 4.69) is 11.8 Å². The SMILES string of the molecule is C[C@@H](COc1ccc([C@H]2CSc3c(ccc(O)c3F)O2)cc1)N1CCCC1. The van der Waals surface area contributed by atoms with Crippen LogP contribution in [0.25, 0.3) is 0 Å². The third-order valence-corrected chi connectivity index (χ3v) is 6.33. The fourth-order valence-corrected chi connectivity index (χ4v) is 4.62. The van der Waals surface area contributed by atoms with Crippen molar-refractivity contribution in [3.63, 3.8) is 0 Å². The lowest BCUT2D eigenvalue weighted by atomic mass is 10.1. The molecule has 2 aliphatic heterocycles. The summed E-state index contributed by atoms with van der Waals surface area (Å²) in [4.78, 5) is 2.85. The number of hydrogen-bond acceptors (Lipinski definition) is 5. The van der Waals surface area contributed by atoms with Gasteiger partial charge in [-0.2, -0.15) is 0 Å². The molecule has 0 radical (unpaired) electrons. The smallest absolute Gasteiger partial charge is 0.182 e. The van der Waals surface area contributed by atoms with E-state index in [1.807, 2.05) is 24.3 Å². The highest BCUT2D eigenvalue weighted by atomic mass is 32.2. The average Bonchev–Trinajstić information content (AvgIpc) is 3.24. The molecule has 1 saturated heterocycles. The number of phenols is 1. The van der Waals surface area contributed by atoms with Crippen molar-refractivity contribution in [1.82, 2.24) is 4.90 Å². The Kier molecular flexibility index (Phi) is 5.45. The van der Waals surface area contributed by atoms with Gasteiger partial charge in [0.15, 0.2) is 11.6 Å². The first kappa shape index (κ1) is 18.4. The number of nitrogens with zero attached hydrogens (tertiary/aromatic N) is 1. The van der Waals surface area contributed by atoms with Crippen LogP contribution in [0.15, 0.2) is 41.3 Å². The van der Waals surface area contributed by atoms with Crippen LogP contribution in [0.5, 0.6) is 17.2 Å². The first-order valence-corrected chi connectivity index (χ1v) is 10.4. The van der Waals surface area contributed by atoms with Crippen molar-refractivity contribution >= 4 is 11.8 Å². The number of thioether (sulfide) groups is 1. The molecule has 2 heterocycles. The Morgan fingerprint density at radius 3 is 2.70 bits per heavy atom. The van der Waals surface area contributed by atoms with E-state index in [1.54, 1.807) is 6.07 Å². The molecule has 1 fully saturated rings.